The van der Waals surface area contributed by atoms with E-state index in [9.17, 15) is 9.59 Å². The third-order valence-corrected chi connectivity index (χ3v) is 8.32. The summed E-state index contributed by atoms with van der Waals surface area (Å²) in [5.41, 5.74) is -0.471. The predicted molar refractivity (Wildman–Crippen MR) is 189 cm³/mol. The number of unbranched alkanes of at least 4 members (excludes halogenated alkanes) is 10. The lowest BCUT2D eigenvalue weighted by atomic mass is 9.92. The average molecular weight is 837 g/mol. The van der Waals surface area contributed by atoms with Gasteiger partial charge in [-0.25, -0.2) is 9.59 Å². The quantitative estimate of drug-likeness (QED) is 0.0512. The Bertz CT molecular complexity index is 713. The molecule has 296 valence electrons. The van der Waals surface area contributed by atoms with Crippen LogP contribution in [0.1, 0.15) is 105 Å². The molecule has 0 rings (SSSR count). The third kappa shape index (κ3) is 32.1. The van der Waals surface area contributed by atoms with Crippen molar-refractivity contribution in [3.05, 3.63) is 0 Å². The van der Waals surface area contributed by atoms with Gasteiger partial charge < -0.3 is 71.4 Å². The van der Waals surface area contributed by atoms with Crippen molar-refractivity contribution in [1.82, 2.24) is 0 Å². The first kappa shape index (κ1) is 53.0. The molecule has 0 atom stereocenters. The van der Waals surface area contributed by atoms with Gasteiger partial charge in [0.25, 0.3) is 0 Å². The van der Waals surface area contributed by atoms with Gasteiger partial charge in [-0.3, -0.25) is 0 Å². The van der Waals surface area contributed by atoms with Crippen LogP contribution in [0.5, 0.6) is 0 Å². The molecule has 0 aromatic rings. The van der Waals surface area contributed by atoms with E-state index in [0.29, 0.717) is 101 Å². The summed E-state index contributed by atoms with van der Waals surface area (Å²) >= 11 is 0. The molecule has 0 aromatic carbocycles. The van der Waals surface area contributed by atoms with Crippen molar-refractivity contribution in [3.8, 4) is 0 Å². The molecule has 0 N–H and O–H groups in total. The number of esters is 2. The number of rotatable bonds is 34. The Balaban J connectivity index is -0.0000106. The van der Waals surface area contributed by atoms with Crippen LogP contribution >= 0.6 is 0 Å². The zero-order valence-electron chi connectivity index (χ0n) is 32.8. The maximum absolute atomic E-state index is 12.1. The Morgan fingerprint density at radius 1 is 0.469 bits per heavy atom. The first-order valence-corrected chi connectivity index (χ1v) is 18.7. The van der Waals surface area contributed by atoms with Crippen molar-refractivity contribution in [2.75, 3.05) is 120 Å². The summed E-state index contributed by atoms with van der Waals surface area (Å²) in [5, 5.41) is 0. The molecule has 0 aliphatic heterocycles. The number of hydrogen-bond acceptors (Lipinski definition) is 8. The van der Waals surface area contributed by atoms with Crippen molar-refractivity contribution in [2.24, 2.45) is 5.41 Å². The fraction of sp³-hybridized carbons (Fsp3) is 0.946. The number of hydrogen-bond donors (Lipinski definition) is 0. The number of likely N-dealkylation sites (N-methyl/N-ethyl adjacent to an activating group) is 2. The number of nitrogens with zero attached hydrogens (tertiary/aromatic N) is 2. The molecule has 10 nitrogen and oxygen atoms in total. The first-order chi connectivity index (χ1) is 22.4. The number of halogens is 2. The predicted octanol–water partition coefficient (Wildman–Crippen LogP) is 0.0472. The highest BCUT2D eigenvalue weighted by Crippen LogP contribution is 2.22. The van der Waals surface area contributed by atoms with Gasteiger partial charge in [0.1, 0.15) is 13.1 Å². The van der Waals surface area contributed by atoms with E-state index in [1.54, 1.807) is 0 Å². The Morgan fingerprint density at radius 3 is 1.10 bits per heavy atom. The van der Waals surface area contributed by atoms with Gasteiger partial charge in [0.15, 0.2) is 13.1 Å². The normalized spacial score (nSPS) is 11.9. The molecular formula is C37H76Br2N2O8. The molecule has 0 saturated carbocycles. The summed E-state index contributed by atoms with van der Waals surface area (Å²) in [7, 11) is 8.06. The minimum atomic E-state index is -0.471. The van der Waals surface area contributed by atoms with E-state index in [2.05, 4.69) is 13.8 Å². The van der Waals surface area contributed by atoms with E-state index in [0.717, 1.165) is 12.8 Å². The van der Waals surface area contributed by atoms with Crippen LogP contribution in [0.4, 0.5) is 0 Å². The Hall–Kier alpha value is -0.340. The van der Waals surface area contributed by atoms with Crippen molar-refractivity contribution >= 4 is 11.9 Å². The van der Waals surface area contributed by atoms with Crippen LogP contribution in [0.25, 0.3) is 0 Å². The smallest absolute Gasteiger partial charge is 0.361 e. The number of quaternary nitrogens is 2. The van der Waals surface area contributed by atoms with Gasteiger partial charge in [-0.1, -0.05) is 78.1 Å². The minimum Gasteiger partial charge on any atom is -1.00 e. The fourth-order valence-corrected chi connectivity index (χ4v) is 5.27. The van der Waals surface area contributed by atoms with Crippen molar-refractivity contribution in [1.29, 1.82) is 0 Å². The Morgan fingerprint density at radius 2 is 0.776 bits per heavy atom. The molecule has 0 aliphatic rings. The van der Waals surface area contributed by atoms with Crippen molar-refractivity contribution in [3.63, 3.8) is 0 Å². The molecule has 0 fully saturated rings. The van der Waals surface area contributed by atoms with Crippen LogP contribution in [-0.4, -0.2) is 141 Å². The summed E-state index contributed by atoms with van der Waals surface area (Å²) in [5.74, 6) is -0.397. The van der Waals surface area contributed by atoms with Gasteiger partial charge in [-0.05, 0) is 26.7 Å². The molecule has 0 amide bonds. The molecule has 0 bridgehead atoms. The molecule has 0 saturated heterocycles. The molecular weight excluding hydrogens is 760 g/mol. The topological polar surface area (TPSA) is 89.5 Å². The lowest BCUT2D eigenvalue weighted by Gasteiger charge is -2.35. The number of carbonyl (C=O) groups is 2. The highest BCUT2D eigenvalue weighted by atomic mass is 79.9. The van der Waals surface area contributed by atoms with E-state index < -0.39 is 5.41 Å². The molecule has 0 aromatic heterocycles. The van der Waals surface area contributed by atoms with Gasteiger partial charge in [-0.2, -0.15) is 0 Å². The number of carbonyl (C=O) groups excluding carboxylic acids is 2. The van der Waals surface area contributed by atoms with E-state index in [1.807, 2.05) is 42.0 Å². The summed E-state index contributed by atoms with van der Waals surface area (Å²) in [6, 6.07) is 0. The second-order valence-electron chi connectivity index (χ2n) is 14.5. The lowest BCUT2D eigenvalue weighted by molar-refractivity contribution is -0.883. The molecule has 0 unspecified atom stereocenters. The maximum Gasteiger partial charge on any atom is 0.361 e. The van der Waals surface area contributed by atoms with E-state index in [-0.39, 0.29) is 45.9 Å². The largest absolute Gasteiger partial charge is 1.00 e. The van der Waals surface area contributed by atoms with Gasteiger partial charge in [-0.15, -0.1) is 0 Å². The second-order valence-corrected chi connectivity index (χ2v) is 14.5. The van der Waals surface area contributed by atoms with E-state index in [4.69, 9.17) is 28.4 Å². The molecule has 0 radical (unpaired) electrons. The van der Waals surface area contributed by atoms with Gasteiger partial charge in [0, 0.05) is 13.2 Å². The van der Waals surface area contributed by atoms with E-state index >= 15 is 0 Å². The van der Waals surface area contributed by atoms with Crippen LogP contribution in [0.15, 0.2) is 0 Å². The van der Waals surface area contributed by atoms with Crippen LogP contribution < -0.4 is 34.0 Å². The van der Waals surface area contributed by atoms with Gasteiger partial charge in [0.2, 0.25) is 0 Å². The highest BCUT2D eigenvalue weighted by Gasteiger charge is 2.33. The van der Waals surface area contributed by atoms with Crippen LogP contribution in [-0.2, 0) is 38.0 Å². The summed E-state index contributed by atoms with van der Waals surface area (Å²) in [6.45, 7) is 15.1. The first-order valence-electron chi connectivity index (χ1n) is 18.7. The van der Waals surface area contributed by atoms with Crippen LogP contribution in [0.2, 0.25) is 0 Å². The zero-order valence-corrected chi connectivity index (χ0v) is 36.0. The Kier molecular flexibility index (Phi) is 36.2. The Labute approximate surface area is 322 Å². The number of ether oxygens (including phenoxy) is 6. The second kappa shape index (κ2) is 33.5. The molecule has 12 heteroatoms. The average Bonchev–Trinajstić information content (AvgIpc) is 3.00. The fourth-order valence-electron chi connectivity index (χ4n) is 5.27. The van der Waals surface area contributed by atoms with Gasteiger partial charge in [0.05, 0.1) is 86.5 Å². The summed E-state index contributed by atoms with van der Waals surface area (Å²) in [4.78, 5) is 24.2. The van der Waals surface area contributed by atoms with Crippen molar-refractivity contribution < 1.29 is 80.9 Å². The minimum absolute atomic E-state index is 0. The van der Waals surface area contributed by atoms with Crippen molar-refractivity contribution in [2.45, 2.75) is 105 Å². The summed E-state index contributed by atoms with van der Waals surface area (Å²) < 4.78 is 36.6. The van der Waals surface area contributed by atoms with Gasteiger partial charge >= 0.3 is 11.9 Å². The third-order valence-electron chi connectivity index (χ3n) is 8.32. The molecule has 0 spiro atoms. The molecule has 49 heavy (non-hydrogen) atoms. The van der Waals surface area contributed by atoms with Crippen LogP contribution in [0.3, 0.4) is 0 Å². The summed E-state index contributed by atoms with van der Waals surface area (Å²) in [6.07, 6.45) is 14.6. The molecule has 0 aliphatic carbocycles. The SMILES string of the molecule is CCCCCCCCOCC(COCCCCCCCC)(COCC[N+](C)(C)CC(=O)OCC)COCC[N+](C)(C)CC(=O)OCC.[Br-].[Br-]. The lowest BCUT2D eigenvalue weighted by Crippen LogP contribution is -3.00. The zero-order chi connectivity index (χ0) is 35.3. The molecule has 0 heterocycles. The maximum atomic E-state index is 12.1. The van der Waals surface area contributed by atoms with E-state index in [1.165, 1.54) is 64.2 Å². The van der Waals surface area contributed by atoms with Crippen LogP contribution in [0, 0.1) is 5.41 Å². The standard InChI is InChI=1S/C37H76N2O8.2BrH/c1-9-13-15-17-19-21-25-42-31-37(32-43-26-22-20-18-16-14-10-2,33-44-27-23-38(5,6)29-35(40)46-11-3)34-45-28-24-39(7,8)30-36(41)47-12-4;;/h9-34H2,1-8H3;2*1H/q+2;;/p-2. The monoisotopic (exact) mass is 834 g/mol. The highest BCUT2D eigenvalue weighted by molar-refractivity contribution is 5.70.